The third kappa shape index (κ3) is 31.0. The summed E-state index contributed by atoms with van der Waals surface area (Å²) in [6.45, 7) is 3.56. The number of ether oxygens (including phenoxy) is 4. The molecule has 1 rings (SSSR count). The van der Waals surface area contributed by atoms with Gasteiger partial charge in [-0.3, -0.25) is 14.1 Å². The van der Waals surface area contributed by atoms with Crippen LogP contribution >= 0.6 is 0 Å². The predicted octanol–water partition coefficient (Wildman–Crippen LogP) is 9.11. The molecule has 1 aliphatic heterocycles. The van der Waals surface area contributed by atoms with Gasteiger partial charge in [0.05, 0.1) is 6.61 Å². The number of carbonyl (C=O) groups excluding carboxylic acids is 2. The monoisotopic (exact) mass is 867 g/mol. The minimum absolute atomic E-state index is 0.142. The standard InChI is InChI=1S/C47H78O12S/c1-3-5-7-9-11-13-15-17-19-20-22-24-26-28-30-32-34-36-43(49)58-40(38-57-47-46(52)45(51)44(50)41(59-47)39-60(53,54)55)37-56-42(48)35-33-31-29-27-25-23-21-18-16-14-12-10-8-6-4-2/h6,8,11-14,17-19,21,25,27,40-41,44-47,50-52H,3-5,7,9-10,15-16,20,22-24,26,28-39H2,1-2H3,(H,53,54,55)/b8-6+,13-11+,14-12+,19-17+,21-18+,27-25+/t40-,41-,44-,45?,46?,47+/m1/s1. The molecular formula is C47H78O12S. The number of hydrogen-bond donors (Lipinski definition) is 4. The molecule has 12 nitrogen and oxygen atoms in total. The van der Waals surface area contributed by atoms with Gasteiger partial charge in [0.2, 0.25) is 0 Å². The van der Waals surface area contributed by atoms with Gasteiger partial charge in [-0.2, -0.15) is 8.42 Å². The van der Waals surface area contributed by atoms with Crippen LogP contribution in [0.3, 0.4) is 0 Å². The molecule has 0 spiro atoms. The van der Waals surface area contributed by atoms with Crippen molar-refractivity contribution in [1.29, 1.82) is 0 Å². The summed E-state index contributed by atoms with van der Waals surface area (Å²) in [6, 6.07) is 0. The zero-order valence-corrected chi connectivity index (χ0v) is 37.3. The first-order valence-electron chi connectivity index (χ1n) is 22.5. The van der Waals surface area contributed by atoms with Crippen molar-refractivity contribution in [1.82, 2.24) is 0 Å². The molecular weight excluding hydrogens is 789 g/mol. The molecule has 6 atom stereocenters. The predicted molar refractivity (Wildman–Crippen MR) is 238 cm³/mol. The van der Waals surface area contributed by atoms with E-state index in [1.54, 1.807) is 0 Å². The van der Waals surface area contributed by atoms with E-state index in [2.05, 4.69) is 86.8 Å². The molecule has 0 aromatic rings. The minimum atomic E-state index is -4.61. The molecule has 344 valence electrons. The summed E-state index contributed by atoms with van der Waals surface area (Å²) < 4.78 is 54.0. The maximum atomic E-state index is 12.8. The fourth-order valence-electron chi connectivity index (χ4n) is 6.28. The van der Waals surface area contributed by atoms with Crippen molar-refractivity contribution < 1.29 is 56.8 Å². The van der Waals surface area contributed by atoms with Crippen LogP contribution in [0.25, 0.3) is 0 Å². The van der Waals surface area contributed by atoms with Crippen molar-refractivity contribution in [2.24, 2.45) is 0 Å². The molecule has 4 N–H and O–H groups in total. The van der Waals surface area contributed by atoms with Crippen molar-refractivity contribution in [3.8, 4) is 0 Å². The van der Waals surface area contributed by atoms with Gasteiger partial charge in [0.1, 0.15) is 36.8 Å². The second-order valence-electron chi connectivity index (χ2n) is 15.3. The number of aliphatic hydroxyl groups is 3. The van der Waals surface area contributed by atoms with Crippen LogP contribution in [0.15, 0.2) is 72.9 Å². The number of hydrogen-bond acceptors (Lipinski definition) is 11. The zero-order valence-electron chi connectivity index (χ0n) is 36.5. The largest absolute Gasteiger partial charge is 0.462 e. The first-order chi connectivity index (χ1) is 29.0. The Kier molecular flexibility index (Phi) is 33.7. The Labute approximate surface area is 361 Å². The van der Waals surface area contributed by atoms with Gasteiger partial charge in [-0.15, -0.1) is 0 Å². The van der Waals surface area contributed by atoms with Gasteiger partial charge in [-0.25, -0.2) is 0 Å². The fourth-order valence-corrected chi connectivity index (χ4v) is 6.98. The summed E-state index contributed by atoms with van der Waals surface area (Å²) in [5, 5.41) is 30.9. The van der Waals surface area contributed by atoms with Crippen LogP contribution in [0.4, 0.5) is 0 Å². The van der Waals surface area contributed by atoms with Crippen LogP contribution in [-0.2, 0) is 38.7 Å². The third-order valence-corrected chi connectivity index (χ3v) is 10.5. The topological polar surface area (TPSA) is 186 Å². The summed E-state index contributed by atoms with van der Waals surface area (Å²) in [5.41, 5.74) is 0. The lowest BCUT2D eigenvalue weighted by Gasteiger charge is -2.40. The van der Waals surface area contributed by atoms with Crippen molar-refractivity contribution in [3.63, 3.8) is 0 Å². The Bertz CT molecular complexity index is 1390. The fraction of sp³-hybridized carbons (Fsp3) is 0.702. The summed E-state index contributed by atoms with van der Waals surface area (Å²) in [4.78, 5) is 25.4. The quantitative estimate of drug-likeness (QED) is 0.0203. The number of unbranched alkanes of at least 4 members (excludes halogenated alkanes) is 12. The van der Waals surface area contributed by atoms with Gasteiger partial charge < -0.3 is 34.3 Å². The normalized spacial score (nSPS) is 20.8. The molecule has 0 amide bonds. The number of rotatable bonds is 36. The van der Waals surface area contributed by atoms with E-state index in [0.29, 0.717) is 12.8 Å². The van der Waals surface area contributed by atoms with E-state index in [9.17, 15) is 37.9 Å². The zero-order chi connectivity index (χ0) is 44.1. The summed E-state index contributed by atoms with van der Waals surface area (Å²) >= 11 is 0. The van der Waals surface area contributed by atoms with Gasteiger partial charge in [0.25, 0.3) is 10.1 Å². The summed E-state index contributed by atoms with van der Waals surface area (Å²) in [7, 11) is -4.61. The maximum absolute atomic E-state index is 12.8. The van der Waals surface area contributed by atoms with Crippen molar-refractivity contribution in [2.75, 3.05) is 19.0 Å². The first-order valence-corrected chi connectivity index (χ1v) is 24.1. The average molecular weight is 867 g/mol. The number of allylic oxidation sites excluding steroid dienone is 12. The Hall–Kier alpha value is -2.91. The molecule has 1 fully saturated rings. The van der Waals surface area contributed by atoms with Crippen molar-refractivity contribution in [2.45, 2.75) is 192 Å². The second-order valence-corrected chi connectivity index (χ2v) is 16.8. The molecule has 0 saturated carbocycles. The smallest absolute Gasteiger partial charge is 0.306 e. The molecule has 0 aromatic heterocycles. The van der Waals surface area contributed by atoms with Gasteiger partial charge >= 0.3 is 11.9 Å². The molecule has 0 bridgehead atoms. The summed E-state index contributed by atoms with van der Waals surface area (Å²) in [5.74, 6) is -2.06. The van der Waals surface area contributed by atoms with Gasteiger partial charge in [0.15, 0.2) is 12.4 Å². The molecule has 2 unspecified atom stereocenters. The molecule has 0 aliphatic carbocycles. The lowest BCUT2D eigenvalue weighted by molar-refractivity contribution is -0.297. The van der Waals surface area contributed by atoms with Crippen LogP contribution in [-0.4, -0.2) is 96.0 Å². The summed E-state index contributed by atoms with van der Waals surface area (Å²) in [6.07, 6.45) is 36.6. The lowest BCUT2D eigenvalue weighted by atomic mass is 10.00. The van der Waals surface area contributed by atoms with Gasteiger partial charge in [0, 0.05) is 12.8 Å². The van der Waals surface area contributed by atoms with E-state index in [-0.39, 0.29) is 19.4 Å². The maximum Gasteiger partial charge on any atom is 0.306 e. The van der Waals surface area contributed by atoms with E-state index < -0.39 is 71.2 Å². The average Bonchev–Trinajstić information content (AvgIpc) is 3.21. The lowest BCUT2D eigenvalue weighted by Crippen LogP contribution is -2.60. The molecule has 1 heterocycles. The van der Waals surface area contributed by atoms with Crippen LogP contribution < -0.4 is 0 Å². The second kappa shape index (κ2) is 36.7. The van der Waals surface area contributed by atoms with Gasteiger partial charge in [-0.1, -0.05) is 132 Å². The molecule has 1 aliphatic rings. The number of aliphatic hydroxyl groups excluding tert-OH is 3. The molecule has 13 heteroatoms. The number of carbonyl (C=O) groups is 2. The van der Waals surface area contributed by atoms with Crippen molar-refractivity contribution in [3.05, 3.63) is 72.9 Å². The minimum Gasteiger partial charge on any atom is -0.462 e. The molecule has 0 radical (unpaired) electrons. The highest BCUT2D eigenvalue weighted by Gasteiger charge is 2.46. The van der Waals surface area contributed by atoms with E-state index in [4.69, 9.17) is 18.9 Å². The molecule has 0 aromatic carbocycles. The molecule has 60 heavy (non-hydrogen) atoms. The Morgan fingerprint density at radius 3 is 1.60 bits per heavy atom. The highest BCUT2D eigenvalue weighted by Crippen LogP contribution is 2.24. The first kappa shape index (κ1) is 55.1. The van der Waals surface area contributed by atoms with Crippen LogP contribution in [0.5, 0.6) is 0 Å². The number of esters is 2. The van der Waals surface area contributed by atoms with Gasteiger partial charge in [-0.05, 0) is 83.5 Å². The highest BCUT2D eigenvalue weighted by molar-refractivity contribution is 7.85. The SMILES string of the molecule is CC/C=C/C/C=C/C/C=C/C/C=C/CCCCC(=O)OC[C@H](CO[C@H]1O[C@H](CS(=O)(=O)O)[C@@H](O)C(O)C1O)OC(=O)CCCCCCCCC/C=C/C/C=C/CCCCC. The van der Waals surface area contributed by atoms with E-state index in [0.717, 1.165) is 89.9 Å². The molecule has 1 saturated heterocycles. The highest BCUT2D eigenvalue weighted by atomic mass is 32.2. The Morgan fingerprint density at radius 2 is 1.05 bits per heavy atom. The van der Waals surface area contributed by atoms with E-state index >= 15 is 0 Å². The van der Waals surface area contributed by atoms with Crippen LogP contribution in [0.1, 0.15) is 155 Å². The van der Waals surface area contributed by atoms with E-state index in [1.165, 1.54) is 25.7 Å². The van der Waals surface area contributed by atoms with Crippen molar-refractivity contribution >= 4 is 22.1 Å². The third-order valence-electron chi connectivity index (χ3n) is 9.77. The van der Waals surface area contributed by atoms with Crippen LogP contribution in [0.2, 0.25) is 0 Å². The Morgan fingerprint density at radius 1 is 0.583 bits per heavy atom. The van der Waals surface area contributed by atoms with Crippen LogP contribution in [0, 0.1) is 0 Å². The Balaban J connectivity index is 2.49. The van der Waals surface area contributed by atoms with E-state index in [1.807, 2.05) is 0 Å².